The maximum atomic E-state index is 4.62. The normalized spacial score (nSPS) is 40.3. The Labute approximate surface area is 104 Å². The van der Waals surface area contributed by atoms with Gasteiger partial charge in [0.15, 0.2) is 5.17 Å². The van der Waals surface area contributed by atoms with Gasteiger partial charge in [-0.2, -0.15) is 0 Å². The van der Waals surface area contributed by atoms with Crippen LogP contribution in [0.5, 0.6) is 0 Å². The molecule has 2 rings (SSSR count). The zero-order valence-corrected chi connectivity index (χ0v) is 11.5. The van der Waals surface area contributed by atoms with Crippen molar-refractivity contribution in [2.75, 3.05) is 12.3 Å². The maximum Gasteiger partial charge on any atom is 0.156 e. The van der Waals surface area contributed by atoms with Gasteiger partial charge in [0.05, 0.1) is 0 Å². The van der Waals surface area contributed by atoms with E-state index in [1.807, 2.05) is 11.8 Å². The maximum absolute atomic E-state index is 4.62. The fourth-order valence-electron chi connectivity index (χ4n) is 2.89. The third kappa shape index (κ3) is 3.41. The van der Waals surface area contributed by atoms with E-state index in [2.05, 4.69) is 31.1 Å². The topological polar surface area (TPSA) is 24.4 Å². The quantitative estimate of drug-likeness (QED) is 0.761. The summed E-state index contributed by atoms with van der Waals surface area (Å²) < 4.78 is 0. The third-order valence-corrected chi connectivity index (χ3v) is 4.81. The molecule has 0 bridgehead atoms. The molecule has 16 heavy (non-hydrogen) atoms. The lowest BCUT2D eigenvalue weighted by Crippen LogP contribution is -2.40. The summed E-state index contributed by atoms with van der Waals surface area (Å²) in [4.78, 5) is 4.62. The van der Waals surface area contributed by atoms with Gasteiger partial charge in [0.25, 0.3) is 0 Å². The highest BCUT2D eigenvalue weighted by Gasteiger charge is 2.25. The molecule has 1 fully saturated rings. The van der Waals surface area contributed by atoms with E-state index in [9.17, 15) is 0 Å². The molecule has 0 aromatic rings. The van der Waals surface area contributed by atoms with E-state index in [1.165, 1.54) is 30.2 Å². The first-order chi connectivity index (χ1) is 7.63. The van der Waals surface area contributed by atoms with Crippen LogP contribution in [0.25, 0.3) is 0 Å². The molecule has 0 amide bonds. The lowest BCUT2D eigenvalue weighted by Gasteiger charge is -2.33. The van der Waals surface area contributed by atoms with Crippen LogP contribution in [0.1, 0.15) is 40.0 Å². The summed E-state index contributed by atoms with van der Waals surface area (Å²) >= 11 is 1.91. The molecule has 2 nitrogen and oxygen atoms in total. The van der Waals surface area contributed by atoms with Gasteiger partial charge < -0.3 is 5.32 Å². The Morgan fingerprint density at radius 2 is 1.75 bits per heavy atom. The molecule has 0 saturated heterocycles. The molecule has 0 aromatic carbocycles. The van der Waals surface area contributed by atoms with Crippen molar-refractivity contribution in [3.63, 3.8) is 0 Å². The Bertz CT molecular complexity index is 255. The predicted octanol–water partition coefficient (Wildman–Crippen LogP) is 3.14. The van der Waals surface area contributed by atoms with Crippen LogP contribution < -0.4 is 5.32 Å². The molecule has 3 heteroatoms. The van der Waals surface area contributed by atoms with Crippen molar-refractivity contribution in [1.29, 1.82) is 0 Å². The van der Waals surface area contributed by atoms with Gasteiger partial charge in [-0.3, -0.25) is 4.99 Å². The average molecular weight is 240 g/mol. The molecular weight excluding hydrogens is 216 g/mol. The Balaban J connectivity index is 1.85. The first-order valence-corrected chi connectivity index (χ1v) is 7.55. The highest BCUT2D eigenvalue weighted by molar-refractivity contribution is 8.13. The van der Waals surface area contributed by atoms with Crippen LogP contribution in [-0.4, -0.2) is 23.5 Å². The largest absolute Gasteiger partial charge is 0.362 e. The summed E-state index contributed by atoms with van der Waals surface area (Å²) in [5.41, 5.74) is 0. The molecule has 3 atom stereocenters. The molecular formula is C13H24N2S. The van der Waals surface area contributed by atoms with Crippen molar-refractivity contribution in [3.8, 4) is 0 Å². The third-order valence-electron chi connectivity index (χ3n) is 3.56. The summed E-state index contributed by atoms with van der Waals surface area (Å²) in [7, 11) is 0. The van der Waals surface area contributed by atoms with Crippen LogP contribution in [0.15, 0.2) is 4.99 Å². The standard InChI is InChI=1S/C13H24N2S/c1-9-4-10(2)6-12(5-9)15-13-14-7-11(3)8-16-13/h9-12H,4-8H2,1-3H3,(H,14,15). The zero-order valence-electron chi connectivity index (χ0n) is 10.7. The van der Waals surface area contributed by atoms with Crippen LogP contribution in [0.2, 0.25) is 0 Å². The van der Waals surface area contributed by atoms with Crippen molar-refractivity contribution >= 4 is 16.9 Å². The number of nitrogens with zero attached hydrogens (tertiary/aromatic N) is 1. The summed E-state index contributed by atoms with van der Waals surface area (Å²) in [6.07, 6.45) is 4.04. The minimum absolute atomic E-state index is 0.665. The Morgan fingerprint density at radius 3 is 2.31 bits per heavy atom. The Morgan fingerprint density at radius 1 is 1.06 bits per heavy atom. The van der Waals surface area contributed by atoms with Gasteiger partial charge in [0.2, 0.25) is 0 Å². The smallest absolute Gasteiger partial charge is 0.156 e. The highest BCUT2D eigenvalue weighted by Crippen LogP contribution is 2.29. The molecule has 1 N–H and O–H groups in total. The minimum atomic E-state index is 0.665. The number of hydrogen-bond acceptors (Lipinski definition) is 3. The van der Waals surface area contributed by atoms with E-state index in [1.54, 1.807) is 0 Å². The van der Waals surface area contributed by atoms with Crippen LogP contribution in [-0.2, 0) is 0 Å². The molecule has 1 aliphatic carbocycles. The molecule has 2 aliphatic rings. The van der Waals surface area contributed by atoms with Crippen LogP contribution >= 0.6 is 11.8 Å². The molecule has 1 heterocycles. The molecule has 92 valence electrons. The monoisotopic (exact) mass is 240 g/mol. The van der Waals surface area contributed by atoms with E-state index in [4.69, 9.17) is 0 Å². The van der Waals surface area contributed by atoms with Gasteiger partial charge in [-0.05, 0) is 37.0 Å². The summed E-state index contributed by atoms with van der Waals surface area (Å²) in [6.45, 7) is 8.04. The fraction of sp³-hybridized carbons (Fsp3) is 0.923. The number of amidine groups is 1. The minimum Gasteiger partial charge on any atom is -0.362 e. The number of thioether (sulfide) groups is 1. The van der Waals surface area contributed by atoms with Gasteiger partial charge >= 0.3 is 0 Å². The van der Waals surface area contributed by atoms with Crippen molar-refractivity contribution in [3.05, 3.63) is 0 Å². The van der Waals surface area contributed by atoms with Crippen LogP contribution in [0.3, 0.4) is 0 Å². The summed E-state index contributed by atoms with van der Waals surface area (Å²) in [6, 6.07) is 0.665. The first kappa shape index (κ1) is 12.3. The number of nitrogens with one attached hydrogen (secondary N) is 1. The molecule has 3 unspecified atom stereocenters. The van der Waals surface area contributed by atoms with Gasteiger partial charge in [0, 0.05) is 18.3 Å². The van der Waals surface area contributed by atoms with Gasteiger partial charge in [-0.15, -0.1) is 0 Å². The van der Waals surface area contributed by atoms with Crippen molar-refractivity contribution in [2.45, 2.75) is 46.1 Å². The Kier molecular flexibility index (Phi) is 4.17. The molecule has 0 spiro atoms. The SMILES string of the molecule is CC1CN=C(NC2CC(C)CC(C)C2)SC1. The van der Waals surface area contributed by atoms with E-state index < -0.39 is 0 Å². The van der Waals surface area contributed by atoms with Crippen molar-refractivity contribution in [1.82, 2.24) is 5.32 Å². The number of aliphatic imine (C=N–C) groups is 1. The second-order valence-corrected chi connectivity index (χ2v) is 6.83. The average Bonchev–Trinajstić information content (AvgIpc) is 2.20. The zero-order chi connectivity index (χ0) is 11.5. The lowest BCUT2D eigenvalue weighted by molar-refractivity contribution is 0.256. The van der Waals surface area contributed by atoms with E-state index in [0.29, 0.717) is 6.04 Å². The molecule has 0 radical (unpaired) electrons. The van der Waals surface area contributed by atoms with E-state index in [0.717, 1.165) is 24.3 Å². The molecule has 1 saturated carbocycles. The first-order valence-electron chi connectivity index (χ1n) is 6.57. The van der Waals surface area contributed by atoms with Crippen LogP contribution in [0, 0.1) is 17.8 Å². The van der Waals surface area contributed by atoms with Gasteiger partial charge in [-0.25, -0.2) is 0 Å². The highest BCUT2D eigenvalue weighted by atomic mass is 32.2. The fourth-order valence-corrected chi connectivity index (χ4v) is 3.85. The second kappa shape index (κ2) is 5.44. The van der Waals surface area contributed by atoms with Gasteiger partial charge in [-0.1, -0.05) is 32.5 Å². The molecule has 1 aliphatic heterocycles. The second-order valence-electron chi connectivity index (χ2n) is 5.82. The Hall–Kier alpha value is -0.180. The number of hydrogen-bond donors (Lipinski definition) is 1. The van der Waals surface area contributed by atoms with E-state index >= 15 is 0 Å². The van der Waals surface area contributed by atoms with Crippen molar-refractivity contribution in [2.24, 2.45) is 22.7 Å². The number of rotatable bonds is 1. The molecule has 0 aromatic heterocycles. The summed E-state index contributed by atoms with van der Waals surface area (Å²) in [5.74, 6) is 3.72. The lowest BCUT2D eigenvalue weighted by atomic mass is 9.80. The van der Waals surface area contributed by atoms with Crippen molar-refractivity contribution < 1.29 is 0 Å². The predicted molar refractivity (Wildman–Crippen MR) is 73.0 cm³/mol. The van der Waals surface area contributed by atoms with Gasteiger partial charge in [0.1, 0.15) is 0 Å². The van der Waals surface area contributed by atoms with Crippen LogP contribution in [0.4, 0.5) is 0 Å². The van der Waals surface area contributed by atoms with E-state index in [-0.39, 0.29) is 0 Å². The summed E-state index contributed by atoms with van der Waals surface area (Å²) in [5, 5.41) is 4.85.